The molecule has 112 valence electrons. The van der Waals surface area contributed by atoms with Gasteiger partial charge in [0, 0.05) is 19.1 Å². The highest BCUT2D eigenvalue weighted by atomic mass is 16.2. The van der Waals surface area contributed by atoms with Crippen LogP contribution >= 0.6 is 0 Å². The molecule has 0 radical (unpaired) electrons. The van der Waals surface area contributed by atoms with E-state index in [1.54, 1.807) is 10.3 Å². The van der Waals surface area contributed by atoms with E-state index in [-0.39, 0.29) is 5.91 Å². The van der Waals surface area contributed by atoms with E-state index >= 15 is 0 Å². The lowest BCUT2D eigenvalue weighted by Gasteiger charge is -2.36. The summed E-state index contributed by atoms with van der Waals surface area (Å²) in [5, 5.41) is 4.32. The second kappa shape index (κ2) is 4.72. The lowest BCUT2D eigenvalue weighted by Crippen LogP contribution is -2.45. The molecule has 2 saturated heterocycles. The van der Waals surface area contributed by atoms with Crippen molar-refractivity contribution in [2.45, 2.75) is 57.5 Å². The highest BCUT2D eigenvalue weighted by Crippen LogP contribution is 2.41. The monoisotopic (exact) mass is 285 g/mol. The summed E-state index contributed by atoms with van der Waals surface area (Å²) >= 11 is 0. The smallest absolute Gasteiger partial charge is 0.272 e. The first-order chi connectivity index (χ1) is 10.1. The van der Waals surface area contributed by atoms with Crippen LogP contribution in [-0.4, -0.2) is 32.7 Å². The molecule has 2 bridgehead atoms. The summed E-state index contributed by atoms with van der Waals surface area (Å²) in [5.41, 5.74) is 3.26. The molecule has 3 heterocycles. The molecule has 21 heavy (non-hydrogen) atoms. The van der Waals surface area contributed by atoms with Crippen LogP contribution < -0.4 is 0 Å². The number of piperidine rings is 1. The third-order valence-electron chi connectivity index (χ3n) is 5.16. The molecule has 2 atom stereocenters. The van der Waals surface area contributed by atoms with Crippen LogP contribution in [0.2, 0.25) is 0 Å². The van der Waals surface area contributed by atoms with E-state index in [2.05, 4.69) is 16.1 Å². The second-order valence-corrected chi connectivity index (χ2v) is 6.96. The molecule has 4 rings (SSSR count). The van der Waals surface area contributed by atoms with Gasteiger partial charge in [-0.2, -0.15) is 5.10 Å². The molecule has 2 aliphatic heterocycles. The van der Waals surface area contributed by atoms with Crippen LogP contribution in [0.3, 0.4) is 0 Å². The second-order valence-electron chi connectivity index (χ2n) is 6.96. The lowest BCUT2D eigenvalue weighted by molar-refractivity contribution is 0.0623. The standard InChI is InChI=1S/C17H23N3O/c1-11-7-16(19(2)18-11)17(21)20-14-5-6-15(20)10-13(9-14)8-12-3-4-12/h7-8,12,14-15H,3-6,9-10H2,1-2H3. The van der Waals surface area contributed by atoms with Gasteiger partial charge in [-0.3, -0.25) is 9.48 Å². The molecule has 1 saturated carbocycles. The van der Waals surface area contributed by atoms with Gasteiger partial charge in [-0.25, -0.2) is 0 Å². The number of carbonyl (C=O) groups excluding carboxylic acids is 1. The van der Waals surface area contributed by atoms with Crippen LogP contribution in [0.1, 0.15) is 54.7 Å². The fourth-order valence-electron chi connectivity index (χ4n) is 4.06. The summed E-state index contributed by atoms with van der Waals surface area (Å²) in [7, 11) is 1.87. The van der Waals surface area contributed by atoms with E-state index < -0.39 is 0 Å². The molecule has 0 spiro atoms. The first-order valence-electron chi connectivity index (χ1n) is 8.14. The van der Waals surface area contributed by atoms with Gasteiger partial charge in [0.2, 0.25) is 0 Å². The minimum Gasteiger partial charge on any atom is -0.331 e. The molecule has 3 aliphatic rings. The van der Waals surface area contributed by atoms with Gasteiger partial charge >= 0.3 is 0 Å². The summed E-state index contributed by atoms with van der Waals surface area (Å²) in [6, 6.07) is 2.74. The van der Waals surface area contributed by atoms with Gasteiger partial charge in [0.15, 0.2) is 0 Å². The van der Waals surface area contributed by atoms with Crippen LogP contribution in [0.15, 0.2) is 17.7 Å². The first-order valence-corrected chi connectivity index (χ1v) is 8.14. The summed E-state index contributed by atoms with van der Waals surface area (Å²) in [5.74, 6) is 1.03. The summed E-state index contributed by atoms with van der Waals surface area (Å²) in [4.78, 5) is 15.0. The Hall–Kier alpha value is -1.58. The normalized spacial score (nSPS) is 28.1. The summed E-state index contributed by atoms with van der Waals surface area (Å²) in [6.07, 6.45) is 9.75. The van der Waals surface area contributed by atoms with Crippen molar-refractivity contribution in [1.29, 1.82) is 0 Å². The molecule has 0 N–H and O–H groups in total. The molecule has 3 fully saturated rings. The predicted molar refractivity (Wildman–Crippen MR) is 81.0 cm³/mol. The number of aromatic nitrogens is 2. The maximum atomic E-state index is 12.9. The van der Waals surface area contributed by atoms with Gasteiger partial charge in [-0.1, -0.05) is 11.6 Å². The Bertz CT molecular complexity index is 596. The quantitative estimate of drug-likeness (QED) is 0.784. The predicted octanol–water partition coefficient (Wildman–Crippen LogP) is 2.83. The lowest BCUT2D eigenvalue weighted by atomic mass is 9.95. The summed E-state index contributed by atoms with van der Waals surface area (Å²) in [6.45, 7) is 1.94. The summed E-state index contributed by atoms with van der Waals surface area (Å²) < 4.78 is 1.73. The highest BCUT2D eigenvalue weighted by Gasteiger charge is 2.42. The van der Waals surface area contributed by atoms with E-state index in [0.29, 0.717) is 12.1 Å². The minimum atomic E-state index is 0.177. The van der Waals surface area contributed by atoms with Crippen LogP contribution in [0.4, 0.5) is 0 Å². The molecule has 0 aromatic carbocycles. The van der Waals surface area contributed by atoms with Crippen molar-refractivity contribution in [2.75, 3.05) is 0 Å². The van der Waals surface area contributed by atoms with Gasteiger partial charge in [0.05, 0.1) is 5.69 Å². The maximum absolute atomic E-state index is 12.9. The molecule has 4 heteroatoms. The van der Waals surface area contributed by atoms with E-state index in [1.165, 1.54) is 12.8 Å². The zero-order chi connectivity index (χ0) is 14.6. The van der Waals surface area contributed by atoms with Crippen molar-refractivity contribution < 1.29 is 4.79 Å². The zero-order valence-corrected chi connectivity index (χ0v) is 12.9. The Morgan fingerprint density at radius 3 is 2.43 bits per heavy atom. The first kappa shape index (κ1) is 13.1. The number of hydrogen-bond acceptors (Lipinski definition) is 2. The molecule has 2 unspecified atom stereocenters. The number of nitrogens with zero attached hydrogens (tertiary/aromatic N) is 3. The Labute approximate surface area is 125 Å². The van der Waals surface area contributed by atoms with Crippen molar-refractivity contribution in [1.82, 2.24) is 14.7 Å². The molecule has 1 aliphatic carbocycles. The molecule has 4 nitrogen and oxygen atoms in total. The average Bonchev–Trinajstić information content (AvgIpc) is 3.12. The third kappa shape index (κ3) is 2.30. The average molecular weight is 285 g/mol. The molecule has 1 amide bonds. The van der Waals surface area contributed by atoms with E-state index in [4.69, 9.17) is 0 Å². The SMILES string of the molecule is Cc1cc(C(=O)N2C3CCC2CC(=CC2CC2)C3)n(C)n1. The Morgan fingerprint density at radius 2 is 1.90 bits per heavy atom. The van der Waals surface area contributed by atoms with Crippen LogP contribution in [0.5, 0.6) is 0 Å². The number of rotatable bonds is 2. The number of hydrogen-bond donors (Lipinski definition) is 0. The molecular weight excluding hydrogens is 262 g/mol. The van der Waals surface area contributed by atoms with Crippen LogP contribution in [0, 0.1) is 12.8 Å². The van der Waals surface area contributed by atoms with Crippen molar-refractivity contribution in [3.8, 4) is 0 Å². The van der Waals surface area contributed by atoms with E-state index in [0.717, 1.165) is 43.0 Å². The van der Waals surface area contributed by atoms with Gasteiger partial charge in [0.25, 0.3) is 5.91 Å². The number of allylic oxidation sites excluding steroid dienone is 1. The topological polar surface area (TPSA) is 38.1 Å². The van der Waals surface area contributed by atoms with Gasteiger partial charge in [0.1, 0.15) is 5.69 Å². The van der Waals surface area contributed by atoms with Crippen molar-refractivity contribution in [3.63, 3.8) is 0 Å². The van der Waals surface area contributed by atoms with Crippen molar-refractivity contribution in [2.24, 2.45) is 13.0 Å². The van der Waals surface area contributed by atoms with E-state index in [9.17, 15) is 4.79 Å². The van der Waals surface area contributed by atoms with Gasteiger partial charge < -0.3 is 4.90 Å². The Balaban J connectivity index is 1.56. The highest BCUT2D eigenvalue weighted by molar-refractivity contribution is 5.93. The number of carbonyl (C=O) groups is 1. The van der Waals surface area contributed by atoms with Crippen LogP contribution in [-0.2, 0) is 7.05 Å². The zero-order valence-electron chi connectivity index (χ0n) is 12.9. The van der Waals surface area contributed by atoms with E-state index in [1.807, 2.05) is 20.0 Å². The fourth-order valence-corrected chi connectivity index (χ4v) is 4.06. The Morgan fingerprint density at radius 1 is 1.24 bits per heavy atom. The van der Waals surface area contributed by atoms with Crippen molar-refractivity contribution >= 4 is 5.91 Å². The minimum absolute atomic E-state index is 0.177. The largest absolute Gasteiger partial charge is 0.331 e. The van der Waals surface area contributed by atoms with Gasteiger partial charge in [-0.15, -0.1) is 0 Å². The molecule has 1 aromatic heterocycles. The molecule has 1 aromatic rings. The Kier molecular flexibility index (Phi) is 2.95. The van der Waals surface area contributed by atoms with Crippen molar-refractivity contribution in [3.05, 3.63) is 29.1 Å². The maximum Gasteiger partial charge on any atom is 0.272 e. The third-order valence-corrected chi connectivity index (χ3v) is 5.16. The van der Waals surface area contributed by atoms with Crippen LogP contribution in [0.25, 0.3) is 0 Å². The van der Waals surface area contributed by atoms with Gasteiger partial charge in [-0.05, 0) is 57.4 Å². The number of amides is 1. The number of fused-ring (bicyclic) bond motifs is 2. The number of aryl methyl sites for hydroxylation is 2. The fraction of sp³-hybridized carbons (Fsp3) is 0.647. The molecular formula is C17H23N3O.